The number of aromatic nitrogens is 1. The predicted octanol–water partition coefficient (Wildman–Crippen LogP) is 2.86. The van der Waals surface area contributed by atoms with Gasteiger partial charge < -0.3 is 10.6 Å². The maximum absolute atomic E-state index is 13.6. The number of amides is 1. The Morgan fingerprint density at radius 3 is 2.78 bits per heavy atom. The van der Waals surface area contributed by atoms with Crippen LogP contribution in [0.3, 0.4) is 0 Å². The number of carbonyl (C=O) groups excluding carboxylic acids is 1. The Morgan fingerprint density at radius 1 is 1.26 bits per heavy atom. The Bertz CT molecular complexity index is 622. The van der Waals surface area contributed by atoms with E-state index in [1.807, 2.05) is 18.3 Å². The molecule has 0 radical (unpaired) electrons. The zero-order chi connectivity index (χ0) is 15.8. The Labute approximate surface area is 141 Å². The molecule has 1 amide bonds. The van der Waals surface area contributed by atoms with Gasteiger partial charge in [-0.3, -0.25) is 9.78 Å². The van der Waals surface area contributed by atoms with E-state index in [4.69, 9.17) is 0 Å². The Morgan fingerprint density at radius 2 is 2.09 bits per heavy atom. The Balaban J connectivity index is 0.00000264. The van der Waals surface area contributed by atoms with Crippen LogP contribution in [0.1, 0.15) is 27.9 Å². The van der Waals surface area contributed by atoms with E-state index in [0.717, 1.165) is 30.6 Å². The van der Waals surface area contributed by atoms with Gasteiger partial charge in [0, 0.05) is 25.5 Å². The summed E-state index contributed by atoms with van der Waals surface area (Å²) in [6, 6.07) is 8.51. The fourth-order valence-corrected chi connectivity index (χ4v) is 2.05. The van der Waals surface area contributed by atoms with E-state index in [1.165, 1.54) is 12.1 Å². The van der Waals surface area contributed by atoms with Gasteiger partial charge in [-0.15, -0.1) is 12.4 Å². The molecule has 0 aliphatic rings. The van der Waals surface area contributed by atoms with Crippen LogP contribution in [0.2, 0.25) is 0 Å². The summed E-state index contributed by atoms with van der Waals surface area (Å²) in [5.74, 6) is -0.850. The normalized spacial score (nSPS) is 10.0. The van der Waals surface area contributed by atoms with E-state index in [0.29, 0.717) is 6.54 Å². The molecule has 0 saturated carbocycles. The van der Waals surface area contributed by atoms with Gasteiger partial charge in [0.05, 0.1) is 5.56 Å². The lowest BCUT2D eigenvalue weighted by Crippen LogP contribution is -2.28. The van der Waals surface area contributed by atoms with Crippen molar-refractivity contribution in [2.24, 2.45) is 0 Å². The van der Waals surface area contributed by atoms with Gasteiger partial charge in [-0.2, -0.15) is 0 Å². The van der Waals surface area contributed by atoms with E-state index < -0.39 is 5.82 Å². The molecule has 23 heavy (non-hydrogen) atoms. The molecular weight excluding hydrogens is 317 g/mol. The molecule has 2 N–H and O–H groups in total. The van der Waals surface area contributed by atoms with Crippen LogP contribution < -0.4 is 10.6 Å². The summed E-state index contributed by atoms with van der Waals surface area (Å²) < 4.78 is 13.6. The van der Waals surface area contributed by atoms with Gasteiger partial charge in [-0.1, -0.05) is 12.1 Å². The maximum Gasteiger partial charge on any atom is 0.254 e. The quantitative estimate of drug-likeness (QED) is 0.764. The molecule has 1 heterocycles. The zero-order valence-electron chi connectivity index (χ0n) is 13.0. The van der Waals surface area contributed by atoms with Crippen LogP contribution in [0.25, 0.3) is 0 Å². The second kappa shape index (κ2) is 9.92. The average molecular weight is 338 g/mol. The standard InChI is InChI=1S/C17H20FN3O.ClH/c1-13-5-6-15(16(18)10-13)17(22)21-9-3-8-20-12-14-4-2-7-19-11-14;/h2,4-7,10-11,20H,3,8-9,12H2,1H3,(H,21,22);1H. The first-order chi connectivity index (χ1) is 10.7. The number of halogens is 2. The molecule has 0 bridgehead atoms. The van der Waals surface area contributed by atoms with Crippen LogP contribution in [0.4, 0.5) is 4.39 Å². The van der Waals surface area contributed by atoms with E-state index in [2.05, 4.69) is 15.6 Å². The van der Waals surface area contributed by atoms with Crippen LogP contribution in [0, 0.1) is 12.7 Å². The number of aryl methyl sites for hydroxylation is 1. The van der Waals surface area contributed by atoms with Crippen LogP contribution in [0.5, 0.6) is 0 Å². The molecule has 0 unspecified atom stereocenters. The smallest absolute Gasteiger partial charge is 0.254 e. The Kier molecular flexibility index (Phi) is 8.22. The fraction of sp³-hybridized carbons (Fsp3) is 0.294. The molecule has 1 aromatic carbocycles. The molecular formula is C17H21ClFN3O. The summed E-state index contributed by atoms with van der Waals surface area (Å²) in [5, 5.41) is 6.00. The summed E-state index contributed by atoms with van der Waals surface area (Å²) in [5.41, 5.74) is 2.01. The molecule has 124 valence electrons. The van der Waals surface area contributed by atoms with Crippen molar-refractivity contribution in [1.29, 1.82) is 0 Å². The molecule has 0 aliphatic carbocycles. The molecule has 2 aromatic rings. The third-order valence-electron chi connectivity index (χ3n) is 3.24. The van der Waals surface area contributed by atoms with E-state index >= 15 is 0 Å². The number of pyridine rings is 1. The van der Waals surface area contributed by atoms with E-state index in [1.54, 1.807) is 19.2 Å². The van der Waals surface area contributed by atoms with Gasteiger partial charge >= 0.3 is 0 Å². The third-order valence-corrected chi connectivity index (χ3v) is 3.24. The van der Waals surface area contributed by atoms with Crippen molar-refractivity contribution < 1.29 is 9.18 Å². The lowest BCUT2D eigenvalue weighted by Gasteiger charge is -2.07. The van der Waals surface area contributed by atoms with Crippen molar-refractivity contribution in [3.63, 3.8) is 0 Å². The number of hydrogen-bond donors (Lipinski definition) is 2. The second-order valence-electron chi connectivity index (χ2n) is 5.13. The van der Waals surface area contributed by atoms with Gasteiger partial charge in [-0.25, -0.2) is 4.39 Å². The molecule has 4 nitrogen and oxygen atoms in total. The van der Waals surface area contributed by atoms with Crippen molar-refractivity contribution >= 4 is 18.3 Å². The lowest BCUT2D eigenvalue weighted by atomic mass is 10.1. The highest BCUT2D eigenvalue weighted by Gasteiger charge is 2.10. The van der Waals surface area contributed by atoms with Crippen molar-refractivity contribution in [2.75, 3.05) is 13.1 Å². The number of nitrogens with one attached hydrogen (secondary N) is 2. The second-order valence-corrected chi connectivity index (χ2v) is 5.13. The van der Waals surface area contributed by atoms with Crippen LogP contribution >= 0.6 is 12.4 Å². The third kappa shape index (κ3) is 6.34. The summed E-state index contributed by atoms with van der Waals surface area (Å²) in [6.45, 7) is 3.81. The van der Waals surface area contributed by atoms with Gasteiger partial charge in [0.25, 0.3) is 5.91 Å². The molecule has 1 aromatic heterocycles. The predicted molar refractivity (Wildman–Crippen MR) is 91.3 cm³/mol. The van der Waals surface area contributed by atoms with Crippen LogP contribution in [-0.4, -0.2) is 24.0 Å². The number of rotatable bonds is 7. The number of hydrogen-bond acceptors (Lipinski definition) is 3. The first-order valence-electron chi connectivity index (χ1n) is 7.31. The summed E-state index contributed by atoms with van der Waals surface area (Å²) in [4.78, 5) is 15.9. The van der Waals surface area contributed by atoms with Gasteiger partial charge in [0.15, 0.2) is 0 Å². The summed E-state index contributed by atoms with van der Waals surface area (Å²) in [7, 11) is 0. The number of nitrogens with zero attached hydrogens (tertiary/aromatic N) is 1. The van der Waals surface area contributed by atoms with Crippen LogP contribution in [-0.2, 0) is 6.54 Å². The SMILES string of the molecule is Cc1ccc(C(=O)NCCCNCc2cccnc2)c(F)c1.Cl. The lowest BCUT2D eigenvalue weighted by molar-refractivity contribution is 0.0949. The fourth-order valence-electron chi connectivity index (χ4n) is 2.05. The molecule has 0 spiro atoms. The van der Waals surface area contributed by atoms with Gasteiger partial charge in [-0.05, 0) is 49.2 Å². The molecule has 0 saturated heterocycles. The zero-order valence-corrected chi connectivity index (χ0v) is 13.8. The van der Waals surface area contributed by atoms with Gasteiger partial charge in [0.2, 0.25) is 0 Å². The topological polar surface area (TPSA) is 54.0 Å². The highest BCUT2D eigenvalue weighted by molar-refractivity contribution is 5.94. The first-order valence-corrected chi connectivity index (χ1v) is 7.31. The van der Waals surface area contributed by atoms with E-state index in [9.17, 15) is 9.18 Å². The molecule has 0 atom stereocenters. The summed E-state index contributed by atoms with van der Waals surface area (Å²) >= 11 is 0. The minimum absolute atomic E-state index is 0. The maximum atomic E-state index is 13.6. The van der Waals surface area contributed by atoms with Crippen molar-refractivity contribution in [3.05, 3.63) is 65.2 Å². The summed E-state index contributed by atoms with van der Waals surface area (Å²) in [6.07, 6.45) is 4.33. The first kappa shape index (κ1) is 19.1. The van der Waals surface area contributed by atoms with Crippen molar-refractivity contribution in [1.82, 2.24) is 15.6 Å². The number of benzene rings is 1. The minimum atomic E-state index is -0.479. The van der Waals surface area contributed by atoms with Gasteiger partial charge in [0.1, 0.15) is 5.82 Å². The van der Waals surface area contributed by atoms with E-state index in [-0.39, 0.29) is 23.9 Å². The molecule has 2 rings (SSSR count). The monoisotopic (exact) mass is 337 g/mol. The largest absolute Gasteiger partial charge is 0.352 e. The van der Waals surface area contributed by atoms with Crippen LogP contribution in [0.15, 0.2) is 42.7 Å². The molecule has 6 heteroatoms. The van der Waals surface area contributed by atoms with Crippen molar-refractivity contribution in [2.45, 2.75) is 19.9 Å². The minimum Gasteiger partial charge on any atom is -0.352 e. The molecule has 0 fully saturated rings. The molecule has 0 aliphatic heterocycles. The highest BCUT2D eigenvalue weighted by Crippen LogP contribution is 2.09. The Hall–Kier alpha value is -1.98. The average Bonchev–Trinajstić information content (AvgIpc) is 2.51. The highest BCUT2D eigenvalue weighted by atomic mass is 35.5. The van der Waals surface area contributed by atoms with Crippen molar-refractivity contribution in [3.8, 4) is 0 Å². The number of carbonyl (C=O) groups is 1.